The number of urea groups is 1. The molecule has 0 radical (unpaired) electrons. The normalized spacial score (nSPS) is 24.2. The molecular weight excluding hydrogens is 395 g/mol. The number of alkyl halides is 1. The summed E-state index contributed by atoms with van der Waals surface area (Å²) in [6, 6.07) is 7.32. The first-order valence-corrected chi connectivity index (χ1v) is 10.5. The maximum Gasteiger partial charge on any atom is 0.317 e. The number of likely N-dealkylation sites (tertiary alicyclic amines) is 1. The van der Waals surface area contributed by atoms with Gasteiger partial charge in [-0.2, -0.15) is 0 Å². The molecular formula is C21H26ClFN4O2. The number of fused-ring (bicyclic) bond motifs is 1. The molecule has 4 rings (SSSR count). The Morgan fingerprint density at radius 1 is 1.31 bits per heavy atom. The van der Waals surface area contributed by atoms with Gasteiger partial charge in [0.2, 0.25) is 5.91 Å². The van der Waals surface area contributed by atoms with Crippen LogP contribution < -0.4 is 5.32 Å². The van der Waals surface area contributed by atoms with Crippen LogP contribution in [0.15, 0.2) is 24.3 Å². The number of nitrogens with one attached hydrogen (secondary N) is 2. The fraction of sp³-hybridized carbons (Fsp3) is 0.524. The standard InChI is InChI=1S/C21H26ClFN4O2/c1-26(16-3-2-8-27(12-16)20(28)17-5-6-18(17)23)21(29)24-11-15-10-13-9-14(22)4-7-19(13)25-15/h4,7,9-10,16-18,25H,2-3,5-6,8,11-12H2,1H3,(H,24,29)/t16-,17?,18?/m1/s1. The molecule has 0 bridgehead atoms. The van der Waals surface area contributed by atoms with Crippen LogP contribution in [0.1, 0.15) is 31.4 Å². The van der Waals surface area contributed by atoms with Gasteiger partial charge in [-0.15, -0.1) is 0 Å². The average molecular weight is 421 g/mol. The lowest BCUT2D eigenvalue weighted by molar-refractivity contribution is -0.143. The van der Waals surface area contributed by atoms with Gasteiger partial charge in [0.05, 0.1) is 18.5 Å². The molecule has 1 aliphatic heterocycles. The summed E-state index contributed by atoms with van der Waals surface area (Å²) in [5.74, 6) is -0.581. The quantitative estimate of drug-likeness (QED) is 0.791. The van der Waals surface area contributed by atoms with Crippen molar-refractivity contribution in [1.29, 1.82) is 0 Å². The Bertz CT molecular complexity index is 917. The van der Waals surface area contributed by atoms with Crippen molar-refractivity contribution < 1.29 is 14.0 Å². The van der Waals surface area contributed by atoms with Gasteiger partial charge in [0, 0.05) is 41.8 Å². The summed E-state index contributed by atoms with van der Waals surface area (Å²) in [6.45, 7) is 1.49. The molecule has 1 saturated heterocycles. The third kappa shape index (κ3) is 4.20. The number of H-pyrrole nitrogens is 1. The summed E-state index contributed by atoms with van der Waals surface area (Å²) >= 11 is 6.02. The molecule has 1 aromatic carbocycles. The van der Waals surface area contributed by atoms with Gasteiger partial charge in [0.1, 0.15) is 6.17 Å². The number of carbonyl (C=O) groups excluding carboxylic acids is 2. The Morgan fingerprint density at radius 3 is 2.86 bits per heavy atom. The van der Waals surface area contributed by atoms with E-state index in [9.17, 15) is 14.0 Å². The van der Waals surface area contributed by atoms with Crippen LogP contribution in [-0.4, -0.2) is 59.1 Å². The minimum Gasteiger partial charge on any atom is -0.357 e. The smallest absolute Gasteiger partial charge is 0.317 e. The molecule has 1 saturated carbocycles. The SMILES string of the molecule is CN(C(=O)NCc1cc2cc(Cl)ccc2[nH]1)[C@@H]1CCCN(C(=O)C2CCC2F)C1. The molecule has 1 aromatic heterocycles. The lowest BCUT2D eigenvalue weighted by Crippen LogP contribution is -2.55. The van der Waals surface area contributed by atoms with E-state index in [1.807, 2.05) is 24.3 Å². The van der Waals surface area contributed by atoms with E-state index in [0.29, 0.717) is 37.5 Å². The van der Waals surface area contributed by atoms with Crippen LogP contribution in [0, 0.1) is 5.92 Å². The molecule has 0 spiro atoms. The Hall–Kier alpha value is -2.28. The van der Waals surface area contributed by atoms with E-state index in [4.69, 9.17) is 11.6 Å². The molecule has 2 aromatic rings. The van der Waals surface area contributed by atoms with E-state index in [1.165, 1.54) is 0 Å². The Balaban J connectivity index is 1.32. The molecule has 2 fully saturated rings. The molecule has 2 heterocycles. The first-order valence-electron chi connectivity index (χ1n) is 10.1. The number of nitrogens with zero attached hydrogens (tertiary/aromatic N) is 2. The van der Waals surface area contributed by atoms with Crippen molar-refractivity contribution in [2.75, 3.05) is 20.1 Å². The molecule has 6 nitrogen and oxygen atoms in total. The van der Waals surface area contributed by atoms with Crippen LogP contribution in [0.3, 0.4) is 0 Å². The van der Waals surface area contributed by atoms with Gasteiger partial charge < -0.3 is 20.1 Å². The van der Waals surface area contributed by atoms with Crippen molar-refractivity contribution >= 4 is 34.4 Å². The maximum absolute atomic E-state index is 13.6. The van der Waals surface area contributed by atoms with Gasteiger partial charge in [-0.25, -0.2) is 9.18 Å². The number of rotatable bonds is 4. The predicted octanol–water partition coefficient (Wildman–Crippen LogP) is 3.70. The van der Waals surface area contributed by atoms with Crippen LogP contribution >= 0.6 is 11.6 Å². The van der Waals surface area contributed by atoms with Crippen LogP contribution in [-0.2, 0) is 11.3 Å². The molecule has 8 heteroatoms. The van der Waals surface area contributed by atoms with E-state index >= 15 is 0 Å². The number of amides is 3. The van der Waals surface area contributed by atoms with Gasteiger partial charge >= 0.3 is 6.03 Å². The summed E-state index contributed by atoms with van der Waals surface area (Å²) in [5.41, 5.74) is 1.86. The number of hydrogen-bond donors (Lipinski definition) is 2. The van der Waals surface area contributed by atoms with E-state index in [0.717, 1.165) is 29.4 Å². The van der Waals surface area contributed by atoms with Crippen LogP contribution in [0.5, 0.6) is 0 Å². The Morgan fingerprint density at radius 2 is 2.14 bits per heavy atom. The van der Waals surface area contributed by atoms with Crippen molar-refractivity contribution in [2.24, 2.45) is 5.92 Å². The number of halogens is 2. The van der Waals surface area contributed by atoms with Gasteiger partial charge in [-0.1, -0.05) is 11.6 Å². The second-order valence-corrected chi connectivity index (χ2v) is 8.51. The number of aromatic amines is 1. The molecule has 2 N–H and O–H groups in total. The maximum atomic E-state index is 13.6. The fourth-order valence-corrected chi connectivity index (χ4v) is 4.34. The predicted molar refractivity (Wildman–Crippen MR) is 111 cm³/mol. The lowest BCUT2D eigenvalue weighted by atomic mass is 9.81. The third-order valence-electron chi connectivity index (χ3n) is 6.15. The summed E-state index contributed by atoms with van der Waals surface area (Å²) in [6.07, 6.45) is 1.77. The van der Waals surface area contributed by atoms with Crippen molar-refractivity contribution in [3.05, 3.63) is 35.0 Å². The van der Waals surface area contributed by atoms with E-state index < -0.39 is 12.1 Å². The van der Waals surface area contributed by atoms with Crippen molar-refractivity contribution in [2.45, 2.75) is 44.4 Å². The zero-order valence-electron chi connectivity index (χ0n) is 16.5. The molecule has 3 amide bonds. The van der Waals surface area contributed by atoms with Gasteiger partial charge in [0.25, 0.3) is 0 Å². The number of carbonyl (C=O) groups is 2. The minimum atomic E-state index is -1.00. The largest absolute Gasteiger partial charge is 0.357 e. The van der Waals surface area contributed by atoms with E-state index in [2.05, 4.69) is 10.3 Å². The van der Waals surface area contributed by atoms with Crippen molar-refractivity contribution in [3.63, 3.8) is 0 Å². The zero-order chi connectivity index (χ0) is 20.5. The highest BCUT2D eigenvalue weighted by Crippen LogP contribution is 2.33. The summed E-state index contributed by atoms with van der Waals surface area (Å²) in [4.78, 5) is 31.8. The number of aromatic nitrogens is 1. The molecule has 3 atom stereocenters. The monoisotopic (exact) mass is 420 g/mol. The zero-order valence-corrected chi connectivity index (χ0v) is 17.2. The second-order valence-electron chi connectivity index (χ2n) is 8.08. The third-order valence-corrected chi connectivity index (χ3v) is 6.39. The van der Waals surface area contributed by atoms with Crippen LogP contribution in [0.2, 0.25) is 5.02 Å². The Labute approximate surface area is 174 Å². The number of likely N-dealkylation sites (N-methyl/N-ethyl adjacent to an activating group) is 1. The topological polar surface area (TPSA) is 68.4 Å². The molecule has 1 aliphatic carbocycles. The first-order chi connectivity index (χ1) is 13.9. The van der Waals surface area contributed by atoms with Crippen LogP contribution in [0.25, 0.3) is 10.9 Å². The summed E-state index contributed by atoms with van der Waals surface area (Å²) < 4.78 is 13.6. The first kappa shape index (κ1) is 20.0. The average Bonchev–Trinajstić information content (AvgIpc) is 3.12. The van der Waals surface area contributed by atoms with E-state index in [-0.39, 0.29) is 18.0 Å². The van der Waals surface area contributed by atoms with Crippen LogP contribution in [0.4, 0.5) is 9.18 Å². The summed E-state index contributed by atoms with van der Waals surface area (Å²) in [5, 5.41) is 4.60. The highest BCUT2D eigenvalue weighted by atomic mass is 35.5. The minimum absolute atomic E-state index is 0.0626. The van der Waals surface area contributed by atoms with Crippen molar-refractivity contribution in [3.8, 4) is 0 Å². The summed E-state index contributed by atoms with van der Waals surface area (Å²) in [7, 11) is 1.75. The lowest BCUT2D eigenvalue weighted by Gasteiger charge is -2.41. The molecule has 29 heavy (non-hydrogen) atoms. The molecule has 156 valence electrons. The van der Waals surface area contributed by atoms with Crippen molar-refractivity contribution in [1.82, 2.24) is 20.1 Å². The Kier molecular flexibility index (Phi) is 5.67. The van der Waals surface area contributed by atoms with Gasteiger partial charge in [-0.3, -0.25) is 4.79 Å². The highest BCUT2D eigenvalue weighted by Gasteiger charge is 2.40. The number of piperidine rings is 1. The molecule has 2 unspecified atom stereocenters. The second kappa shape index (κ2) is 8.22. The van der Waals surface area contributed by atoms with Gasteiger partial charge in [-0.05, 0) is 49.9 Å². The fourth-order valence-electron chi connectivity index (χ4n) is 4.16. The molecule has 2 aliphatic rings. The van der Waals surface area contributed by atoms with E-state index in [1.54, 1.807) is 16.8 Å². The van der Waals surface area contributed by atoms with Gasteiger partial charge in [0.15, 0.2) is 0 Å². The highest BCUT2D eigenvalue weighted by molar-refractivity contribution is 6.31. The number of benzene rings is 1. The number of hydrogen-bond acceptors (Lipinski definition) is 2.